The molecule has 0 aliphatic heterocycles. The van der Waals surface area contributed by atoms with Crippen molar-refractivity contribution in [3.05, 3.63) is 43.3 Å². The molecule has 107 valence electrons. The molecule has 0 saturated heterocycles. The summed E-state index contributed by atoms with van der Waals surface area (Å²) in [6.07, 6.45) is 0. The van der Waals surface area contributed by atoms with E-state index in [9.17, 15) is 9.59 Å². The number of carboxylic acids is 2. The number of hydrogen-bond acceptors (Lipinski definition) is 2. The fourth-order valence-electron chi connectivity index (χ4n) is 1.04. The summed E-state index contributed by atoms with van der Waals surface area (Å²) in [5.74, 6) is -4.17. The van der Waals surface area contributed by atoms with Gasteiger partial charge in [0.25, 0.3) is 0 Å². The van der Waals surface area contributed by atoms with E-state index in [1.807, 2.05) is 27.7 Å². The first-order chi connectivity index (χ1) is 8.13. The predicted molar refractivity (Wildman–Crippen MR) is 73.6 cm³/mol. The van der Waals surface area contributed by atoms with Crippen LogP contribution >= 0.6 is 0 Å². The van der Waals surface area contributed by atoms with E-state index < -0.39 is 17.9 Å². The van der Waals surface area contributed by atoms with E-state index >= 15 is 0 Å². The molecule has 0 aromatic heterocycles. The van der Waals surface area contributed by atoms with Gasteiger partial charge in [-0.25, -0.2) is 0 Å². The molecule has 0 bridgehead atoms. The minimum atomic E-state index is -1.47. The van der Waals surface area contributed by atoms with Gasteiger partial charge in [-0.05, 0) is 5.56 Å². The molecular weight excluding hydrogens is 321 g/mol. The second kappa shape index (κ2) is 17.3. The molecular formula is C14H23O4Y-. The van der Waals surface area contributed by atoms with Gasteiger partial charge >= 0.3 is 11.9 Å². The monoisotopic (exact) mass is 344 g/mol. The van der Waals surface area contributed by atoms with Crippen LogP contribution in [0, 0.1) is 7.43 Å². The maximum Gasteiger partial charge on any atom is 0.322 e. The zero-order chi connectivity index (χ0) is 13.8. The smallest absolute Gasteiger partial charge is 0.322 e. The van der Waals surface area contributed by atoms with E-state index in [1.165, 1.54) is 12.1 Å². The number of rotatable bonds is 3. The van der Waals surface area contributed by atoms with Crippen molar-refractivity contribution in [2.75, 3.05) is 0 Å². The molecule has 0 fully saturated rings. The van der Waals surface area contributed by atoms with Crippen LogP contribution in [-0.2, 0) is 42.3 Å². The third kappa shape index (κ3) is 10.8. The Morgan fingerprint density at radius 1 is 0.895 bits per heavy atom. The minimum absolute atomic E-state index is 0. The van der Waals surface area contributed by atoms with Gasteiger partial charge in [-0.3, -0.25) is 9.59 Å². The van der Waals surface area contributed by atoms with Crippen molar-refractivity contribution in [3.8, 4) is 0 Å². The maximum absolute atomic E-state index is 10.6. The van der Waals surface area contributed by atoms with Gasteiger partial charge in [0, 0.05) is 32.7 Å². The van der Waals surface area contributed by atoms with Crippen molar-refractivity contribution in [2.24, 2.45) is 0 Å². The third-order valence-electron chi connectivity index (χ3n) is 1.63. The molecule has 0 amide bonds. The zero-order valence-corrected chi connectivity index (χ0v) is 15.1. The minimum Gasteiger partial charge on any atom is -0.480 e. The van der Waals surface area contributed by atoms with Crippen molar-refractivity contribution >= 4 is 11.9 Å². The molecule has 0 spiro atoms. The van der Waals surface area contributed by atoms with E-state index in [1.54, 1.807) is 18.2 Å². The number of carbonyl (C=O) groups is 2. The Morgan fingerprint density at radius 3 is 1.47 bits per heavy atom. The van der Waals surface area contributed by atoms with Crippen LogP contribution in [0.4, 0.5) is 0 Å². The molecule has 0 aliphatic rings. The number of carboxylic acid groups (broad SMARTS) is 2. The molecule has 0 aliphatic carbocycles. The van der Waals surface area contributed by atoms with Crippen molar-refractivity contribution in [1.29, 1.82) is 0 Å². The van der Waals surface area contributed by atoms with Gasteiger partial charge in [0.05, 0.1) is 0 Å². The fourth-order valence-corrected chi connectivity index (χ4v) is 1.04. The third-order valence-corrected chi connectivity index (χ3v) is 1.63. The zero-order valence-electron chi connectivity index (χ0n) is 12.3. The van der Waals surface area contributed by atoms with Crippen LogP contribution in [0.1, 0.15) is 39.2 Å². The summed E-state index contributed by atoms with van der Waals surface area (Å²) in [7, 11) is 0. The number of hydrogen-bond donors (Lipinski definition) is 2. The molecule has 5 heteroatoms. The molecule has 0 atom stereocenters. The Balaban J connectivity index is -0.000000171. The molecule has 0 heterocycles. The standard InChI is InChI=1S/C9H8O4.2C2H6.CH3.Y/c10-8(11)7(9(12)13)6-4-2-1-3-5-6;2*1-2;;/h1-5,7H,(H,10,11)(H,12,13);2*1-2H3;1H3;/q;;;-1;. The Morgan fingerprint density at radius 2 is 1.21 bits per heavy atom. The first-order valence-corrected chi connectivity index (χ1v) is 5.63. The van der Waals surface area contributed by atoms with Crippen LogP contribution in [0.5, 0.6) is 0 Å². The molecule has 0 saturated carbocycles. The van der Waals surface area contributed by atoms with Crippen molar-refractivity contribution in [1.82, 2.24) is 0 Å². The second-order valence-electron chi connectivity index (χ2n) is 2.52. The molecule has 19 heavy (non-hydrogen) atoms. The summed E-state index contributed by atoms with van der Waals surface area (Å²) in [5, 5.41) is 17.2. The van der Waals surface area contributed by atoms with Crippen LogP contribution in [0.15, 0.2) is 30.3 Å². The molecule has 1 rings (SSSR count). The summed E-state index contributed by atoms with van der Waals surface area (Å²) in [6, 6.07) is 7.87. The van der Waals surface area contributed by atoms with Gasteiger partial charge in [0.15, 0.2) is 5.92 Å². The topological polar surface area (TPSA) is 74.6 Å². The predicted octanol–water partition coefficient (Wildman–Crippen LogP) is 3.44. The summed E-state index contributed by atoms with van der Waals surface area (Å²) < 4.78 is 0. The van der Waals surface area contributed by atoms with E-state index in [-0.39, 0.29) is 45.7 Å². The number of aliphatic carboxylic acids is 2. The molecule has 4 nitrogen and oxygen atoms in total. The van der Waals surface area contributed by atoms with Crippen molar-refractivity contribution in [2.45, 2.75) is 33.6 Å². The maximum atomic E-state index is 10.6. The van der Waals surface area contributed by atoms with Gasteiger partial charge in [-0.2, -0.15) is 0 Å². The molecule has 0 unspecified atom stereocenters. The normalized spacial score (nSPS) is 7.42. The average Bonchev–Trinajstić information content (AvgIpc) is 2.34. The van der Waals surface area contributed by atoms with Crippen LogP contribution in [0.3, 0.4) is 0 Å². The molecule has 1 aromatic carbocycles. The first kappa shape index (κ1) is 26.8. The van der Waals surface area contributed by atoms with Gasteiger partial charge < -0.3 is 17.6 Å². The van der Waals surface area contributed by atoms with E-state index in [4.69, 9.17) is 10.2 Å². The van der Waals surface area contributed by atoms with E-state index in [0.717, 1.165) is 0 Å². The van der Waals surface area contributed by atoms with Crippen LogP contribution in [0.2, 0.25) is 0 Å². The summed E-state index contributed by atoms with van der Waals surface area (Å²) in [5.41, 5.74) is 0.280. The fraction of sp³-hybridized carbons (Fsp3) is 0.357. The Hall–Kier alpha value is -0.736. The van der Waals surface area contributed by atoms with E-state index in [2.05, 4.69) is 0 Å². The average molecular weight is 344 g/mol. The summed E-state index contributed by atoms with van der Waals surface area (Å²) in [4.78, 5) is 21.1. The largest absolute Gasteiger partial charge is 0.480 e. The first-order valence-electron chi connectivity index (χ1n) is 5.63. The van der Waals surface area contributed by atoms with Crippen molar-refractivity contribution < 1.29 is 52.5 Å². The van der Waals surface area contributed by atoms with Gasteiger partial charge in [-0.1, -0.05) is 58.0 Å². The molecule has 1 radical (unpaired) electrons. The van der Waals surface area contributed by atoms with Gasteiger partial charge in [0.1, 0.15) is 0 Å². The second-order valence-corrected chi connectivity index (χ2v) is 2.52. The van der Waals surface area contributed by atoms with Gasteiger partial charge in [-0.15, -0.1) is 0 Å². The Bertz CT molecular complexity index is 311. The van der Waals surface area contributed by atoms with Crippen molar-refractivity contribution in [3.63, 3.8) is 0 Å². The summed E-state index contributed by atoms with van der Waals surface area (Å²) >= 11 is 0. The molecule has 1 aromatic rings. The SMILES string of the molecule is CC.CC.O=C(O)C(C(=O)O)c1ccccc1.[CH3-].[Y]. The number of benzene rings is 1. The Labute approximate surface area is 141 Å². The molecule has 2 N–H and O–H groups in total. The van der Waals surface area contributed by atoms with Crippen LogP contribution in [0.25, 0.3) is 0 Å². The Kier molecular flexibility index (Phi) is 24.3. The van der Waals surface area contributed by atoms with Gasteiger partial charge in [0.2, 0.25) is 0 Å². The summed E-state index contributed by atoms with van der Waals surface area (Å²) in [6.45, 7) is 8.00. The van der Waals surface area contributed by atoms with Crippen LogP contribution < -0.4 is 0 Å². The van der Waals surface area contributed by atoms with Crippen LogP contribution in [-0.4, -0.2) is 22.2 Å². The quantitative estimate of drug-likeness (QED) is 0.651. The van der Waals surface area contributed by atoms with E-state index in [0.29, 0.717) is 0 Å².